The van der Waals surface area contributed by atoms with Crippen LogP contribution in [0.25, 0.3) is 0 Å². The predicted octanol–water partition coefficient (Wildman–Crippen LogP) is 2.80. The second-order valence-electron chi connectivity index (χ2n) is 7.90. The van der Waals surface area contributed by atoms with Gasteiger partial charge in [-0.15, -0.1) is 0 Å². The molecule has 0 spiro atoms. The van der Waals surface area contributed by atoms with Gasteiger partial charge in [0, 0.05) is 43.8 Å². The number of aliphatic hydroxyl groups is 1. The minimum Gasteiger partial charge on any atom is -0.497 e. The lowest BCUT2D eigenvalue weighted by atomic mass is 10.1. The zero-order valence-electron chi connectivity index (χ0n) is 19.1. The van der Waals surface area contributed by atoms with Crippen molar-refractivity contribution in [1.82, 2.24) is 9.21 Å². The lowest BCUT2D eigenvalue weighted by Crippen LogP contribution is -2.50. The Balaban J connectivity index is 1.51. The number of hydrogen-bond acceptors (Lipinski definition) is 7. The van der Waals surface area contributed by atoms with E-state index in [0.29, 0.717) is 43.5 Å². The fourth-order valence-corrected chi connectivity index (χ4v) is 5.43. The van der Waals surface area contributed by atoms with E-state index in [4.69, 9.17) is 25.8 Å². The van der Waals surface area contributed by atoms with Crippen molar-refractivity contribution in [2.75, 3.05) is 53.6 Å². The van der Waals surface area contributed by atoms with Gasteiger partial charge in [-0.05, 0) is 36.8 Å². The van der Waals surface area contributed by atoms with Crippen LogP contribution in [0.5, 0.6) is 11.5 Å². The van der Waals surface area contributed by atoms with E-state index in [1.165, 1.54) is 24.6 Å². The number of piperazine rings is 1. The van der Waals surface area contributed by atoms with Gasteiger partial charge in [0.2, 0.25) is 10.0 Å². The highest BCUT2D eigenvalue weighted by molar-refractivity contribution is 7.89. The van der Waals surface area contributed by atoms with Crippen molar-refractivity contribution in [2.24, 2.45) is 0 Å². The molecule has 0 aromatic heterocycles. The van der Waals surface area contributed by atoms with Gasteiger partial charge >= 0.3 is 0 Å². The number of halogens is 1. The van der Waals surface area contributed by atoms with Gasteiger partial charge in [0.1, 0.15) is 16.4 Å². The molecule has 33 heavy (non-hydrogen) atoms. The van der Waals surface area contributed by atoms with Crippen molar-refractivity contribution >= 4 is 21.6 Å². The molecule has 8 nitrogen and oxygen atoms in total. The number of nitrogens with zero attached hydrogens (tertiary/aromatic N) is 2. The molecule has 1 heterocycles. The van der Waals surface area contributed by atoms with E-state index in [1.807, 2.05) is 36.1 Å². The molecule has 1 N–H and O–H groups in total. The van der Waals surface area contributed by atoms with Crippen LogP contribution in [0.4, 0.5) is 0 Å². The Labute approximate surface area is 200 Å². The molecule has 0 amide bonds. The maximum atomic E-state index is 13.2. The molecule has 1 aliphatic heterocycles. The third-order valence-electron chi connectivity index (χ3n) is 5.67. The molecule has 0 radical (unpaired) electrons. The molecule has 3 rings (SSSR count). The van der Waals surface area contributed by atoms with Crippen LogP contribution in [0.2, 0.25) is 5.02 Å². The summed E-state index contributed by atoms with van der Waals surface area (Å²) >= 11 is 5.91. The standard InChI is InChI=1S/C23H31ClN2O6S/c1-17(18-4-6-19(24)7-5-18)32-16-20(27)15-25-10-12-26(13-11-25)33(28,29)23-14-21(30-2)8-9-22(23)31-3/h4-9,14,17,20,27H,10-13,15-16H2,1-3H3/t17-,20+/m1/s1. The van der Waals surface area contributed by atoms with Crippen LogP contribution in [0, 0.1) is 0 Å². The molecule has 2 aromatic rings. The number of methoxy groups -OCH3 is 2. The first kappa shape index (κ1) is 25.7. The van der Waals surface area contributed by atoms with E-state index < -0.39 is 16.1 Å². The van der Waals surface area contributed by atoms with Crippen LogP contribution in [-0.2, 0) is 14.8 Å². The molecule has 2 aromatic carbocycles. The van der Waals surface area contributed by atoms with Gasteiger partial charge in [-0.2, -0.15) is 4.31 Å². The third-order valence-corrected chi connectivity index (χ3v) is 7.84. The lowest BCUT2D eigenvalue weighted by Gasteiger charge is -2.35. The Hall–Kier alpha value is -1.88. The molecule has 10 heteroatoms. The summed E-state index contributed by atoms with van der Waals surface area (Å²) in [6, 6.07) is 12.1. The fraction of sp³-hybridized carbons (Fsp3) is 0.478. The van der Waals surface area contributed by atoms with Crippen molar-refractivity contribution in [1.29, 1.82) is 0 Å². The Morgan fingerprint density at radius 3 is 2.30 bits per heavy atom. The summed E-state index contributed by atoms with van der Waals surface area (Å²) in [5.41, 5.74) is 0.985. The van der Waals surface area contributed by atoms with Crippen molar-refractivity contribution in [3.63, 3.8) is 0 Å². The molecule has 1 saturated heterocycles. The number of aliphatic hydroxyl groups excluding tert-OH is 1. The van der Waals surface area contributed by atoms with Crippen LogP contribution in [0.3, 0.4) is 0 Å². The summed E-state index contributed by atoms with van der Waals surface area (Å²) in [7, 11) is -0.811. The second-order valence-corrected chi connectivity index (χ2v) is 10.2. The molecular weight excluding hydrogens is 468 g/mol. The molecule has 1 fully saturated rings. The SMILES string of the molecule is COc1ccc(OC)c(S(=O)(=O)N2CCN(C[C@H](O)CO[C@H](C)c3ccc(Cl)cc3)CC2)c1. The average molecular weight is 499 g/mol. The molecule has 0 unspecified atom stereocenters. The number of rotatable bonds is 10. The number of hydrogen-bond donors (Lipinski definition) is 1. The van der Waals surface area contributed by atoms with Gasteiger partial charge in [-0.3, -0.25) is 4.90 Å². The Bertz CT molecular complexity index is 1010. The maximum Gasteiger partial charge on any atom is 0.246 e. The summed E-state index contributed by atoms with van der Waals surface area (Å²) < 4.78 is 44.1. The van der Waals surface area contributed by atoms with Crippen LogP contribution in [0.15, 0.2) is 47.4 Å². The smallest absolute Gasteiger partial charge is 0.246 e. The monoisotopic (exact) mass is 498 g/mol. The van der Waals surface area contributed by atoms with Gasteiger partial charge in [-0.1, -0.05) is 23.7 Å². The highest BCUT2D eigenvalue weighted by Crippen LogP contribution is 2.31. The second kappa shape index (κ2) is 11.5. The van der Waals surface area contributed by atoms with Crippen LogP contribution in [0.1, 0.15) is 18.6 Å². The molecule has 0 aliphatic carbocycles. The predicted molar refractivity (Wildman–Crippen MR) is 127 cm³/mol. The first-order valence-electron chi connectivity index (χ1n) is 10.7. The van der Waals surface area contributed by atoms with Crippen LogP contribution >= 0.6 is 11.6 Å². The summed E-state index contributed by atoms with van der Waals surface area (Å²) in [5.74, 6) is 0.726. The minimum atomic E-state index is -3.74. The van der Waals surface area contributed by atoms with Crippen molar-refractivity contribution in [3.8, 4) is 11.5 Å². The first-order chi connectivity index (χ1) is 15.7. The quantitative estimate of drug-likeness (QED) is 0.538. The van der Waals surface area contributed by atoms with Gasteiger partial charge in [0.25, 0.3) is 0 Å². The number of sulfonamides is 1. The summed E-state index contributed by atoms with van der Waals surface area (Å²) in [6.07, 6.45) is -0.849. The van der Waals surface area contributed by atoms with Crippen molar-refractivity contribution < 1.29 is 27.7 Å². The largest absolute Gasteiger partial charge is 0.497 e. The average Bonchev–Trinajstić information content (AvgIpc) is 2.82. The molecular formula is C23H31ClN2O6S. The highest BCUT2D eigenvalue weighted by Gasteiger charge is 2.31. The van der Waals surface area contributed by atoms with Gasteiger partial charge < -0.3 is 19.3 Å². The van der Waals surface area contributed by atoms with Crippen molar-refractivity contribution in [2.45, 2.75) is 24.0 Å². The van der Waals surface area contributed by atoms with Crippen LogP contribution < -0.4 is 9.47 Å². The topological polar surface area (TPSA) is 88.5 Å². The highest BCUT2D eigenvalue weighted by atomic mass is 35.5. The zero-order valence-corrected chi connectivity index (χ0v) is 20.7. The molecule has 182 valence electrons. The zero-order chi connectivity index (χ0) is 24.0. The Kier molecular flexibility index (Phi) is 8.97. The lowest BCUT2D eigenvalue weighted by molar-refractivity contribution is -0.0186. The van der Waals surface area contributed by atoms with E-state index in [0.717, 1.165) is 5.56 Å². The first-order valence-corrected chi connectivity index (χ1v) is 12.6. The van der Waals surface area contributed by atoms with Gasteiger partial charge in [-0.25, -0.2) is 8.42 Å². The van der Waals surface area contributed by atoms with Crippen LogP contribution in [-0.4, -0.2) is 82.4 Å². The number of β-amino-alcohol motifs (C(OH)–C–C–N with tert-alkyl or cyclic N) is 1. The summed E-state index contributed by atoms with van der Waals surface area (Å²) in [6.45, 7) is 4.17. The Morgan fingerprint density at radius 1 is 1.03 bits per heavy atom. The van der Waals surface area contributed by atoms with Gasteiger partial charge in [0.15, 0.2) is 0 Å². The molecule has 0 saturated carbocycles. The molecule has 1 aliphatic rings. The molecule has 0 bridgehead atoms. The summed E-state index contributed by atoms with van der Waals surface area (Å²) in [5, 5.41) is 11.1. The third kappa shape index (κ3) is 6.59. The van der Waals surface area contributed by atoms with E-state index >= 15 is 0 Å². The summed E-state index contributed by atoms with van der Waals surface area (Å²) in [4.78, 5) is 2.12. The fourth-order valence-electron chi connectivity index (χ4n) is 3.71. The number of benzene rings is 2. The van der Waals surface area contributed by atoms with E-state index in [1.54, 1.807) is 12.1 Å². The van der Waals surface area contributed by atoms with E-state index in [-0.39, 0.29) is 23.4 Å². The number of ether oxygens (including phenoxy) is 3. The normalized spacial score (nSPS) is 17.5. The molecule has 2 atom stereocenters. The maximum absolute atomic E-state index is 13.2. The van der Waals surface area contributed by atoms with Crippen molar-refractivity contribution in [3.05, 3.63) is 53.1 Å². The van der Waals surface area contributed by atoms with Gasteiger partial charge in [0.05, 0.1) is 33.0 Å². The minimum absolute atomic E-state index is 0.0856. The van der Waals surface area contributed by atoms with E-state index in [9.17, 15) is 13.5 Å². The van der Waals surface area contributed by atoms with E-state index in [2.05, 4.69) is 0 Å². The Morgan fingerprint density at radius 2 is 1.70 bits per heavy atom.